The van der Waals surface area contributed by atoms with E-state index in [9.17, 15) is 5.11 Å². The van der Waals surface area contributed by atoms with Gasteiger partial charge in [-0.3, -0.25) is 0 Å². The third-order valence-corrected chi connectivity index (χ3v) is 4.83. The largest absolute Gasteiger partial charge is 0.494 e. The zero-order valence-electron chi connectivity index (χ0n) is 14.9. The first kappa shape index (κ1) is 16.3. The SMILES string of the molecule is CC(C)(c1ccccc1)n1cc2cccc(Oc3ccccc3)c2c1O. The highest BCUT2D eigenvalue weighted by atomic mass is 16.5. The van der Waals surface area contributed by atoms with Crippen LogP contribution in [0, 0.1) is 0 Å². The molecular weight excluding hydrogens is 322 g/mol. The van der Waals surface area contributed by atoms with Crippen LogP contribution in [0.3, 0.4) is 0 Å². The predicted molar refractivity (Wildman–Crippen MR) is 105 cm³/mol. The number of hydrogen-bond acceptors (Lipinski definition) is 2. The fraction of sp³-hybridized carbons (Fsp3) is 0.130. The van der Waals surface area contributed by atoms with E-state index in [1.165, 1.54) is 0 Å². The molecule has 0 spiro atoms. The van der Waals surface area contributed by atoms with Gasteiger partial charge in [0.15, 0.2) is 0 Å². The highest BCUT2D eigenvalue weighted by Crippen LogP contribution is 2.41. The van der Waals surface area contributed by atoms with Crippen molar-refractivity contribution in [2.75, 3.05) is 0 Å². The Balaban J connectivity index is 1.84. The second-order valence-corrected chi connectivity index (χ2v) is 6.88. The van der Waals surface area contributed by atoms with E-state index in [4.69, 9.17) is 4.74 Å². The maximum absolute atomic E-state index is 11.0. The Hall–Kier alpha value is -3.20. The van der Waals surface area contributed by atoms with Gasteiger partial charge in [0.05, 0.1) is 10.9 Å². The Morgan fingerprint density at radius 2 is 1.46 bits per heavy atom. The van der Waals surface area contributed by atoms with Crippen molar-refractivity contribution in [2.45, 2.75) is 19.4 Å². The van der Waals surface area contributed by atoms with Crippen molar-refractivity contribution < 1.29 is 9.84 Å². The van der Waals surface area contributed by atoms with Gasteiger partial charge in [-0.1, -0.05) is 60.7 Å². The molecule has 1 aromatic heterocycles. The molecule has 0 aliphatic carbocycles. The normalized spacial score (nSPS) is 11.6. The van der Waals surface area contributed by atoms with Gasteiger partial charge in [0.1, 0.15) is 11.5 Å². The first-order chi connectivity index (χ1) is 12.6. The Labute approximate surface area is 153 Å². The Morgan fingerprint density at radius 3 is 2.15 bits per heavy atom. The minimum Gasteiger partial charge on any atom is -0.494 e. The van der Waals surface area contributed by atoms with Crippen LogP contribution < -0.4 is 4.74 Å². The van der Waals surface area contributed by atoms with Gasteiger partial charge in [-0.05, 0) is 37.6 Å². The number of nitrogens with zero attached hydrogens (tertiary/aromatic N) is 1. The van der Waals surface area contributed by atoms with Gasteiger partial charge in [-0.25, -0.2) is 0 Å². The van der Waals surface area contributed by atoms with E-state index in [1.807, 2.05) is 77.5 Å². The van der Waals surface area contributed by atoms with Crippen molar-refractivity contribution in [1.82, 2.24) is 4.57 Å². The molecule has 1 heterocycles. The second-order valence-electron chi connectivity index (χ2n) is 6.88. The van der Waals surface area contributed by atoms with Crippen molar-refractivity contribution in [3.05, 3.63) is 90.6 Å². The quantitative estimate of drug-likeness (QED) is 0.499. The topological polar surface area (TPSA) is 34.4 Å². The van der Waals surface area contributed by atoms with E-state index in [0.29, 0.717) is 5.75 Å². The zero-order chi connectivity index (χ0) is 18.1. The molecule has 0 aliphatic rings. The molecule has 0 saturated carbocycles. The summed E-state index contributed by atoms with van der Waals surface area (Å²) in [4.78, 5) is 0. The molecule has 0 unspecified atom stereocenters. The molecule has 1 N–H and O–H groups in total. The molecule has 3 nitrogen and oxygen atoms in total. The summed E-state index contributed by atoms with van der Waals surface area (Å²) in [6.07, 6.45) is 1.98. The van der Waals surface area contributed by atoms with Gasteiger partial charge < -0.3 is 14.4 Å². The molecule has 0 fully saturated rings. The van der Waals surface area contributed by atoms with E-state index in [0.717, 1.165) is 22.1 Å². The van der Waals surface area contributed by atoms with E-state index in [2.05, 4.69) is 26.0 Å². The van der Waals surface area contributed by atoms with Crippen LogP contribution >= 0.6 is 0 Å². The molecule has 0 bridgehead atoms. The molecule has 0 radical (unpaired) electrons. The average molecular weight is 343 g/mol. The van der Waals surface area contributed by atoms with Gasteiger partial charge in [-0.15, -0.1) is 0 Å². The number of fused-ring (bicyclic) bond motifs is 1. The first-order valence-corrected chi connectivity index (χ1v) is 8.69. The number of rotatable bonds is 4. The van der Waals surface area contributed by atoms with Crippen LogP contribution in [0.4, 0.5) is 0 Å². The fourth-order valence-electron chi connectivity index (χ4n) is 3.33. The number of aromatic hydroxyl groups is 1. The third kappa shape index (κ3) is 2.72. The van der Waals surface area contributed by atoms with Crippen molar-refractivity contribution in [3.63, 3.8) is 0 Å². The molecule has 3 heteroatoms. The molecule has 3 aromatic carbocycles. The number of hydrogen-bond donors (Lipinski definition) is 1. The molecule has 4 aromatic rings. The smallest absolute Gasteiger partial charge is 0.203 e. The summed E-state index contributed by atoms with van der Waals surface area (Å²) in [6, 6.07) is 25.6. The van der Waals surface area contributed by atoms with Crippen LogP contribution in [0.5, 0.6) is 17.4 Å². The number of ether oxygens (including phenoxy) is 1. The monoisotopic (exact) mass is 343 g/mol. The van der Waals surface area contributed by atoms with Gasteiger partial charge in [-0.2, -0.15) is 0 Å². The molecule has 0 saturated heterocycles. The molecule has 0 aliphatic heterocycles. The van der Waals surface area contributed by atoms with Crippen molar-refractivity contribution in [2.24, 2.45) is 0 Å². The van der Waals surface area contributed by atoms with Crippen LogP contribution in [0.25, 0.3) is 10.8 Å². The Morgan fingerprint density at radius 1 is 0.808 bits per heavy atom. The van der Waals surface area contributed by atoms with Gasteiger partial charge in [0, 0.05) is 11.6 Å². The van der Waals surface area contributed by atoms with E-state index < -0.39 is 5.54 Å². The molecule has 0 atom stereocenters. The lowest BCUT2D eigenvalue weighted by molar-refractivity contribution is 0.349. The summed E-state index contributed by atoms with van der Waals surface area (Å²) in [5.74, 6) is 1.60. The van der Waals surface area contributed by atoms with E-state index in [-0.39, 0.29) is 5.88 Å². The predicted octanol–water partition coefficient (Wildman–Crippen LogP) is 5.92. The summed E-state index contributed by atoms with van der Waals surface area (Å²) in [6.45, 7) is 4.19. The van der Waals surface area contributed by atoms with Crippen molar-refractivity contribution >= 4 is 10.8 Å². The maximum Gasteiger partial charge on any atom is 0.203 e. The summed E-state index contributed by atoms with van der Waals surface area (Å²) in [7, 11) is 0. The lowest BCUT2D eigenvalue weighted by Gasteiger charge is -2.28. The highest BCUT2D eigenvalue weighted by molar-refractivity contribution is 5.93. The van der Waals surface area contributed by atoms with Crippen molar-refractivity contribution in [3.8, 4) is 17.4 Å². The first-order valence-electron chi connectivity index (χ1n) is 8.69. The zero-order valence-corrected chi connectivity index (χ0v) is 14.9. The van der Waals surface area contributed by atoms with Crippen LogP contribution in [0.15, 0.2) is 85.1 Å². The fourth-order valence-corrected chi connectivity index (χ4v) is 3.33. The maximum atomic E-state index is 11.0. The summed E-state index contributed by atoms with van der Waals surface area (Å²) in [5.41, 5.74) is 0.732. The average Bonchev–Trinajstić information content (AvgIpc) is 3.02. The van der Waals surface area contributed by atoms with Gasteiger partial charge in [0.2, 0.25) is 5.88 Å². The number of benzene rings is 3. The summed E-state index contributed by atoms with van der Waals surface area (Å²) < 4.78 is 7.94. The van der Waals surface area contributed by atoms with Crippen LogP contribution in [-0.2, 0) is 5.54 Å². The van der Waals surface area contributed by atoms with Gasteiger partial charge >= 0.3 is 0 Å². The summed E-state index contributed by atoms with van der Waals surface area (Å²) in [5, 5.41) is 12.7. The van der Waals surface area contributed by atoms with Crippen LogP contribution in [-0.4, -0.2) is 9.67 Å². The standard InChI is InChI=1S/C23H21NO2/c1-23(2,18-11-5-3-6-12-18)24-16-17-10-9-15-20(21(17)22(24)25)26-19-13-7-4-8-14-19/h3-16,25H,1-2H3. The Kier molecular flexibility index (Phi) is 3.92. The van der Waals surface area contributed by atoms with Crippen LogP contribution in [0.2, 0.25) is 0 Å². The highest BCUT2D eigenvalue weighted by Gasteiger charge is 2.27. The molecular formula is C23H21NO2. The van der Waals surface area contributed by atoms with E-state index >= 15 is 0 Å². The minimum atomic E-state index is -0.394. The number of para-hydroxylation sites is 1. The molecule has 0 amide bonds. The second kappa shape index (κ2) is 6.26. The molecule has 26 heavy (non-hydrogen) atoms. The van der Waals surface area contributed by atoms with Gasteiger partial charge in [0.25, 0.3) is 0 Å². The molecule has 4 rings (SSSR count). The lowest BCUT2D eigenvalue weighted by Crippen LogP contribution is -2.26. The lowest BCUT2D eigenvalue weighted by atomic mass is 9.94. The summed E-state index contributed by atoms with van der Waals surface area (Å²) >= 11 is 0. The van der Waals surface area contributed by atoms with Crippen molar-refractivity contribution in [1.29, 1.82) is 0 Å². The van der Waals surface area contributed by atoms with E-state index in [1.54, 1.807) is 0 Å². The molecule has 130 valence electrons. The minimum absolute atomic E-state index is 0.209. The number of aromatic nitrogens is 1. The Bertz CT molecular complexity index is 1030. The third-order valence-electron chi connectivity index (χ3n) is 4.83. The van der Waals surface area contributed by atoms with Crippen LogP contribution in [0.1, 0.15) is 19.4 Å².